The number of hydrogen-bond donors (Lipinski definition) is 3. The van der Waals surface area contributed by atoms with Crippen molar-refractivity contribution in [3.8, 4) is 0 Å². The number of aliphatic imine (C=N–C) groups is 2. The Balaban J connectivity index is 1.60. The lowest BCUT2D eigenvalue weighted by Gasteiger charge is -2.19. The van der Waals surface area contributed by atoms with Gasteiger partial charge in [0.2, 0.25) is 5.91 Å². The highest BCUT2D eigenvalue weighted by Gasteiger charge is 2.28. The summed E-state index contributed by atoms with van der Waals surface area (Å²) < 4.78 is 11.0. The second-order valence-electron chi connectivity index (χ2n) is 7.85. The third kappa shape index (κ3) is 6.24. The Labute approximate surface area is 176 Å². The standard InChI is InChI=1S/C21H31N5O4/c22-11-20(28)29-12-15-6-9-18(30-15)16-7-8-17(25-16)21(24-13-23)26-19(27)10-14-4-2-1-3-5-14/h7-8,13-15,18,25H,1-6,9-12,22H2,(H2,23,24,26,27). The van der Waals surface area contributed by atoms with Gasteiger partial charge >= 0.3 is 5.97 Å². The van der Waals surface area contributed by atoms with E-state index in [0.29, 0.717) is 18.0 Å². The quantitative estimate of drug-likeness (QED) is 0.351. The summed E-state index contributed by atoms with van der Waals surface area (Å²) in [4.78, 5) is 35.2. The molecule has 2 heterocycles. The van der Waals surface area contributed by atoms with Crippen LogP contribution in [0.25, 0.3) is 0 Å². The summed E-state index contributed by atoms with van der Waals surface area (Å²) in [6.07, 6.45) is 8.64. The molecule has 5 N–H and O–H groups in total. The predicted octanol–water partition coefficient (Wildman–Crippen LogP) is 1.97. The second-order valence-corrected chi connectivity index (χ2v) is 7.85. The van der Waals surface area contributed by atoms with E-state index in [4.69, 9.17) is 20.9 Å². The van der Waals surface area contributed by atoms with Gasteiger partial charge in [-0.15, -0.1) is 0 Å². The minimum absolute atomic E-state index is 0.140. The van der Waals surface area contributed by atoms with E-state index in [-0.39, 0.29) is 37.1 Å². The number of carbonyl (C=O) groups is 2. The van der Waals surface area contributed by atoms with Gasteiger partial charge in [-0.25, -0.2) is 4.99 Å². The molecule has 3 rings (SSSR count). The highest BCUT2D eigenvalue weighted by molar-refractivity contribution is 6.06. The van der Waals surface area contributed by atoms with Crippen LogP contribution in [0.1, 0.15) is 68.9 Å². The fourth-order valence-corrected chi connectivity index (χ4v) is 4.06. The lowest BCUT2D eigenvalue weighted by atomic mass is 9.87. The maximum Gasteiger partial charge on any atom is 0.319 e. The van der Waals surface area contributed by atoms with Crippen LogP contribution < -0.4 is 11.5 Å². The van der Waals surface area contributed by atoms with Crippen molar-refractivity contribution in [3.63, 3.8) is 0 Å². The number of amidine groups is 1. The summed E-state index contributed by atoms with van der Waals surface area (Å²) in [6.45, 7) is 0.0549. The lowest BCUT2D eigenvalue weighted by Crippen LogP contribution is -2.23. The van der Waals surface area contributed by atoms with E-state index in [1.54, 1.807) is 0 Å². The van der Waals surface area contributed by atoms with E-state index in [1.807, 2.05) is 12.1 Å². The van der Waals surface area contributed by atoms with Crippen molar-refractivity contribution in [1.82, 2.24) is 4.98 Å². The highest BCUT2D eigenvalue weighted by Crippen LogP contribution is 2.32. The monoisotopic (exact) mass is 417 g/mol. The van der Waals surface area contributed by atoms with Crippen LogP contribution in [-0.4, -0.2) is 48.3 Å². The Bertz CT molecular complexity index is 782. The molecule has 1 saturated heterocycles. The number of esters is 1. The van der Waals surface area contributed by atoms with Crippen molar-refractivity contribution in [3.05, 3.63) is 23.5 Å². The number of carbonyl (C=O) groups excluding carboxylic acids is 2. The summed E-state index contributed by atoms with van der Waals surface area (Å²) in [5.41, 5.74) is 12.2. The summed E-state index contributed by atoms with van der Waals surface area (Å²) in [7, 11) is 0. The van der Waals surface area contributed by atoms with Crippen molar-refractivity contribution in [1.29, 1.82) is 0 Å². The summed E-state index contributed by atoms with van der Waals surface area (Å²) >= 11 is 0. The van der Waals surface area contributed by atoms with E-state index in [0.717, 1.165) is 37.7 Å². The molecule has 0 spiro atoms. The van der Waals surface area contributed by atoms with Gasteiger partial charge in [0.1, 0.15) is 6.61 Å². The Morgan fingerprint density at radius 2 is 2.00 bits per heavy atom. The first-order chi connectivity index (χ1) is 14.6. The van der Waals surface area contributed by atoms with Crippen LogP contribution in [0.2, 0.25) is 0 Å². The van der Waals surface area contributed by atoms with Crippen molar-refractivity contribution < 1.29 is 19.1 Å². The first-order valence-corrected chi connectivity index (χ1v) is 10.6. The number of nitrogens with zero attached hydrogens (tertiary/aromatic N) is 2. The lowest BCUT2D eigenvalue weighted by molar-refractivity contribution is -0.145. The summed E-state index contributed by atoms with van der Waals surface area (Å²) in [5, 5.41) is 0. The minimum Gasteiger partial charge on any atom is -0.462 e. The Kier molecular flexibility index (Phi) is 8.15. The van der Waals surface area contributed by atoms with Gasteiger partial charge in [0.15, 0.2) is 5.84 Å². The molecule has 0 radical (unpaired) electrons. The molecule has 1 amide bonds. The zero-order chi connectivity index (χ0) is 21.3. The average Bonchev–Trinajstić information content (AvgIpc) is 3.42. The number of amides is 1. The van der Waals surface area contributed by atoms with E-state index >= 15 is 0 Å². The molecular weight excluding hydrogens is 386 g/mol. The van der Waals surface area contributed by atoms with Crippen LogP contribution in [0.4, 0.5) is 0 Å². The molecule has 1 saturated carbocycles. The molecule has 9 heteroatoms. The highest BCUT2D eigenvalue weighted by atomic mass is 16.6. The van der Waals surface area contributed by atoms with Crippen LogP contribution in [0, 0.1) is 5.92 Å². The molecular formula is C21H31N5O4. The molecule has 164 valence electrons. The zero-order valence-corrected chi connectivity index (χ0v) is 17.2. The molecule has 1 aromatic rings. The number of H-pyrrole nitrogens is 1. The molecule has 2 fully saturated rings. The van der Waals surface area contributed by atoms with Crippen molar-refractivity contribution in [2.45, 2.75) is 63.6 Å². The van der Waals surface area contributed by atoms with E-state index < -0.39 is 5.97 Å². The third-order valence-corrected chi connectivity index (χ3v) is 5.62. The first kappa shape index (κ1) is 22.2. The van der Waals surface area contributed by atoms with Crippen LogP contribution in [0.3, 0.4) is 0 Å². The number of aromatic nitrogens is 1. The van der Waals surface area contributed by atoms with Gasteiger partial charge in [0, 0.05) is 12.1 Å². The van der Waals surface area contributed by atoms with Crippen molar-refractivity contribution in [2.24, 2.45) is 27.4 Å². The van der Waals surface area contributed by atoms with Gasteiger partial charge in [-0.3, -0.25) is 9.59 Å². The third-order valence-electron chi connectivity index (χ3n) is 5.62. The molecule has 2 unspecified atom stereocenters. The second kappa shape index (κ2) is 11.0. The number of nitrogens with one attached hydrogen (secondary N) is 1. The average molecular weight is 418 g/mol. The Morgan fingerprint density at radius 3 is 2.73 bits per heavy atom. The fourth-order valence-electron chi connectivity index (χ4n) is 4.06. The fraction of sp³-hybridized carbons (Fsp3) is 0.619. The maximum atomic E-state index is 12.4. The van der Waals surface area contributed by atoms with Crippen LogP contribution >= 0.6 is 0 Å². The normalized spacial score (nSPS) is 23.2. The van der Waals surface area contributed by atoms with Gasteiger partial charge in [-0.1, -0.05) is 19.3 Å². The molecule has 9 nitrogen and oxygen atoms in total. The maximum absolute atomic E-state index is 12.4. The number of ether oxygens (including phenoxy) is 2. The molecule has 30 heavy (non-hydrogen) atoms. The van der Waals surface area contributed by atoms with Crippen LogP contribution in [-0.2, 0) is 19.1 Å². The zero-order valence-electron chi connectivity index (χ0n) is 17.2. The molecule has 2 aliphatic rings. The van der Waals surface area contributed by atoms with Crippen molar-refractivity contribution >= 4 is 24.1 Å². The van der Waals surface area contributed by atoms with E-state index in [9.17, 15) is 9.59 Å². The summed E-state index contributed by atoms with van der Waals surface area (Å²) in [5.74, 6) is 0.0747. The van der Waals surface area contributed by atoms with Gasteiger partial charge in [-0.05, 0) is 43.7 Å². The summed E-state index contributed by atoms with van der Waals surface area (Å²) in [6, 6.07) is 3.71. The molecule has 1 aromatic heterocycles. The number of hydrogen-bond acceptors (Lipinski definition) is 5. The van der Waals surface area contributed by atoms with Gasteiger partial charge < -0.3 is 25.9 Å². The molecule has 0 aromatic carbocycles. The van der Waals surface area contributed by atoms with Gasteiger partial charge in [-0.2, -0.15) is 4.99 Å². The van der Waals surface area contributed by atoms with Gasteiger partial charge in [0.25, 0.3) is 0 Å². The van der Waals surface area contributed by atoms with Gasteiger partial charge in [0.05, 0.1) is 30.8 Å². The molecule has 1 aliphatic carbocycles. The SMILES string of the molecule is NC=NC(=NC(=O)CC1CCCCC1)c1ccc(C2CCC(COC(=O)CN)O2)[nH]1. The first-order valence-electron chi connectivity index (χ1n) is 10.6. The predicted molar refractivity (Wildman–Crippen MR) is 113 cm³/mol. The largest absolute Gasteiger partial charge is 0.462 e. The van der Waals surface area contributed by atoms with Crippen LogP contribution in [0.15, 0.2) is 22.1 Å². The number of aromatic amines is 1. The van der Waals surface area contributed by atoms with E-state index in [1.165, 1.54) is 19.3 Å². The number of rotatable bonds is 7. The number of nitrogens with two attached hydrogens (primary N) is 2. The molecule has 2 atom stereocenters. The molecule has 0 bridgehead atoms. The van der Waals surface area contributed by atoms with E-state index in [2.05, 4.69) is 15.0 Å². The van der Waals surface area contributed by atoms with Crippen molar-refractivity contribution in [2.75, 3.05) is 13.2 Å². The molecule has 1 aliphatic heterocycles. The minimum atomic E-state index is -0.442. The van der Waals surface area contributed by atoms with Crippen LogP contribution in [0.5, 0.6) is 0 Å². The topological polar surface area (TPSA) is 145 Å². The Morgan fingerprint density at radius 1 is 1.20 bits per heavy atom. The Hall–Kier alpha value is -2.52. The smallest absolute Gasteiger partial charge is 0.319 e.